The van der Waals surface area contributed by atoms with Gasteiger partial charge in [-0.1, -0.05) is 0 Å². The zero-order valence-electron chi connectivity index (χ0n) is 6.33. The largest absolute Gasteiger partial charge is 0.300 e. The lowest BCUT2D eigenvalue weighted by atomic mass is 10.00. The second-order valence-corrected chi connectivity index (χ2v) is 4.76. The lowest BCUT2D eigenvalue weighted by Gasteiger charge is -2.30. The lowest BCUT2D eigenvalue weighted by Crippen LogP contribution is -2.37. The first kappa shape index (κ1) is 4.76. The van der Waals surface area contributed by atoms with Crippen LogP contribution in [0.1, 0.15) is 12.8 Å². The van der Waals surface area contributed by atoms with Gasteiger partial charge < -0.3 is 0 Å². The molecule has 0 radical (unpaired) electrons. The van der Waals surface area contributed by atoms with E-state index in [4.69, 9.17) is 0 Å². The van der Waals surface area contributed by atoms with Gasteiger partial charge in [0.05, 0.1) is 0 Å². The van der Waals surface area contributed by atoms with Crippen molar-refractivity contribution in [2.75, 3.05) is 7.05 Å². The highest BCUT2D eigenvalue weighted by molar-refractivity contribution is 5.26. The maximum absolute atomic E-state index is 2.68. The van der Waals surface area contributed by atoms with Gasteiger partial charge in [0, 0.05) is 12.1 Å². The van der Waals surface area contributed by atoms with E-state index in [0.29, 0.717) is 0 Å². The summed E-state index contributed by atoms with van der Waals surface area (Å²) in [6.07, 6.45) is 3.11. The number of piperidine rings is 2. The molecule has 0 spiro atoms. The van der Waals surface area contributed by atoms with Crippen LogP contribution < -0.4 is 0 Å². The fourth-order valence-electron chi connectivity index (χ4n) is 4.51. The summed E-state index contributed by atoms with van der Waals surface area (Å²) in [5, 5.41) is 0. The molecule has 0 aromatic carbocycles. The Labute approximate surface area is 61.4 Å². The van der Waals surface area contributed by atoms with Crippen LogP contribution in [0.2, 0.25) is 0 Å². The molecule has 0 aromatic heterocycles. The van der Waals surface area contributed by atoms with E-state index in [1.165, 1.54) is 23.7 Å². The number of likely N-dealkylation sites (tertiary alicyclic amines) is 1. The van der Waals surface area contributed by atoms with Crippen molar-refractivity contribution >= 4 is 0 Å². The van der Waals surface area contributed by atoms with E-state index in [0.717, 1.165) is 12.1 Å². The van der Waals surface area contributed by atoms with Crippen molar-refractivity contribution in [3.05, 3.63) is 0 Å². The summed E-state index contributed by atoms with van der Waals surface area (Å²) >= 11 is 0. The summed E-state index contributed by atoms with van der Waals surface area (Å²) in [6, 6.07) is 2.08. The minimum Gasteiger partial charge on any atom is -0.300 e. The second-order valence-electron chi connectivity index (χ2n) is 4.76. The summed E-state index contributed by atoms with van der Waals surface area (Å²) in [6.45, 7) is 0. The molecule has 1 nitrogen and oxygen atoms in total. The molecule has 1 heteroatoms. The van der Waals surface area contributed by atoms with Crippen molar-refractivity contribution in [2.45, 2.75) is 24.9 Å². The van der Waals surface area contributed by atoms with E-state index in [1.54, 1.807) is 12.8 Å². The summed E-state index contributed by atoms with van der Waals surface area (Å²) in [5.41, 5.74) is 0. The Bertz CT molecular complexity index is 189. The van der Waals surface area contributed by atoms with Crippen molar-refractivity contribution < 1.29 is 0 Å². The molecule has 10 heavy (non-hydrogen) atoms. The van der Waals surface area contributed by atoms with Crippen LogP contribution in [-0.2, 0) is 0 Å². The predicted octanol–water partition coefficient (Wildman–Crippen LogP) is 0.955. The van der Waals surface area contributed by atoms with Gasteiger partial charge in [-0.3, -0.25) is 4.90 Å². The van der Waals surface area contributed by atoms with Crippen LogP contribution in [0.4, 0.5) is 0 Å². The van der Waals surface area contributed by atoms with E-state index in [9.17, 15) is 0 Å². The van der Waals surface area contributed by atoms with Crippen LogP contribution in [-0.4, -0.2) is 24.0 Å². The molecular weight excluding hydrogens is 122 g/mol. The first-order valence-corrected chi connectivity index (χ1v) is 4.60. The molecule has 4 rings (SSSR count). The summed E-state index contributed by atoms with van der Waals surface area (Å²) in [7, 11) is 2.35. The van der Waals surface area contributed by atoms with E-state index >= 15 is 0 Å². The van der Waals surface area contributed by atoms with Gasteiger partial charge in [-0.05, 0) is 43.6 Å². The summed E-state index contributed by atoms with van der Waals surface area (Å²) in [5.74, 6) is 4.79. The molecule has 4 atom stereocenters. The van der Waals surface area contributed by atoms with Crippen molar-refractivity contribution in [3.63, 3.8) is 0 Å². The van der Waals surface area contributed by atoms with E-state index in [1.807, 2.05) is 0 Å². The molecule has 1 aliphatic heterocycles. The van der Waals surface area contributed by atoms with Gasteiger partial charge in [-0.2, -0.15) is 0 Å². The Morgan fingerprint density at radius 2 is 1.60 bits per heavy atom. The van der Waals surface area contributed by atoms with Crippen LogP contribution in [0, 0.1) is 23.7 Å². The maximum atomic E-state index is 2.68. The first-order valence-electron chi connectivity index (χ1n) is 4.60. The van der Waals surface area contributed by atoms with Crippen molar-refractivity contribution in [2.24, 2.45) is 23.7 Å². The Morgan fingerprint density at radius 1 is 1.00 bits per heavy atom. The standard InChI is InChI=1S/C9H13N/c1-10-5-2-4-3-6(10)9-7(4)8(5)9/h4-9H,2-3H2,1H3. The third kappa shape index (κ3) is 0.268. The summed E-state index contributed by atoms with van der Waals surface area (Å²) in [4.78, 5) is 2.68. The van der Waals surface area contributed by atoms with Gasteiger partial charge in [0.15, 0.2) is 0 Å². The molecule has 0 bridgehead atoms. The molecule has 3 aliphatic carbocycles. The zero-order chi connectivity index (χ0) is 6.46. The number of rotatable bonds is 0. The number of nitrogens with zero attached hydrogens (tertiary/aromatic N) is 1. The predicted molar refractivity (Wildman–Crippen MR) is 38.5 cm³/mol. The van der Waals surface area contributed by atoms with Gasteiger partial charge in [0.1, 0.15) is 0 Å². The molecule has 1 saturated heterocycles. The van der Waals surface area contributed by atoms with E-state index < -0.39 is 0 Å². The van der Waals surface area contributed by atoms with Gasteiger partial charge in [0.2, 0.25) is 0 Å². The second kappa shape index (κ2) is 1.08. The molecule has 1 heterocycles. The van der Waals surface area contributed by atoms with E-state index in [2.05, 4.69) is 11.9 Å². The van der Waals surface area contributed by atoms with Crippen molar-refractivity contribution in [1.82, 2.24) is 4.90 Å². The average Bonchev–Trinajstić information content (AvgIpc) is 2.41. The maximum Gasteiger partial charge on any atom is 0.0132 e. The van der Waals surface area contributed by atoms with E-state index in [-0.39, 0.29) is 0 Å². The average molecular weight is 135 g/mol. The number of hydrogen-bond donors (Lipinski definition) is 0. The Morgan fingerprint density at radius 3 is 2.00 bits per heavy atom. The third-order valence-corrected chi connectivity index (χ3v) is 4.76. The third-order valence-electron chi connectivity index (χ3n) is 4.76. The Kier molecular flexibility index (Phi) is 0.513. The van der Waals surface area contributed by atoms with Gasteiger partial charge >= 0.3 is 0 Å². The molecular formula is C9H13N. The smallest absolute Gasteiger partial charge is 0.0132 e. The van der Waals surface area contributed by atoms with Gasteiger partial charge in [-0.15, -0.1) is 0 Å². The van der Waals surface area contributed by atoms with Crippen molar-refractivity contribution in [1.29, 1.82) is 0 Å². The SMILES string of the molecule is CN1C2CC3CC1C1C3C12. The minimum atomic E-state index is 1.04. The van der Waals surface area contributed by atoms with Crippen LogP contribution in [0.25, 0.3) is 0 Å². The topological polar surface area (TPSA) is 3.24 Å². The monoisotopic (exact) mass is 135 g/mol. The fraction of sp³-hybridized carbons (Fsp3) is 1.00. The summed E-state index contributed by atoms with van der Waals surface area (Å²) < 4.78 is 0. The molecule has 0 aromatic rings. The van der Waals surface area contributed by atoms with Crippen molar-refractivity contribution in [3.8, 4) is 0 Å². The lowest BCUT2D eigenvalue weighted by molar-refractivity contribution is 0.173. The molecule has 4 unspecified atom stereocenters. The zero-order valence-corrected chi connectivity index (χ0v) is 6.33. The van der Waals surface area contributed by atoms with Crippen LogP contribution in [0.3, 0.4) is 0 Å². The molecule has 3 saturated carbocycles. The first-order chi connectivity index (χ1) is 4.88. The molecule has 54 valence electrons. The van der Waals surface area contributed by atoms with Crippen LogP contribution in [0.15, 0.2) is 0 Å². The number of hydrogen-bond acceptors (Lipinski definition) is 1. The Hall–Kier alpha value is -0.0400. The van der Waals surface area contributed by atoms with Crippen LogP contribution in [0.5, 0.6) is 0 Å². The molecule has 0 amide bonds. The minimum absolute atomic E-state index is 1.04. The fourth-order valence-corrected chi connectivity index (χ4v) is 4.51. The molecule has 4 fully saturated rings. The highest BCUT2D eigenvalue weighted by Gasteiger charge is 2.75. The highest BCUT2D eigenvalue weighted by atomic mass is 15.3. The Balaban J connectivity index is 1.93. The van der Waals surface area contributed by atoms with Gasteiger partial charge in [0.25, 0.3) is 0 Å². The molecule has 4 aliphatic rings. The van der Waals surface area contributed by atoms with Crippen LogP contribution >= 0.6 is 0 Å². The quantitative estimate of drug-likeness (QED) is 0.478. The van der Waals surface area contributed by atoms with Gasteiger partial charge in [-0.25, -0.2) is 0 Å². The highest BCUT2D eigenvalue weighted by Crippen LogP contribution is 2.74. The normalized spacial score (nSPS) is 75.3. The molecule has 0 N–H and O–H groups in total.